The van der Waals surface area contributed by atoms with Crippen molar-refractivity contribution in [2.45, 2.75) is 72.8 Å². The van der Waals surface area contributed by atoms with Gasteiger partial charge in [0.05, 0.1) is 5.54 Å². The van der Waals surface area contributed by atoms with E-state index in [1.54, 1.807) is 0 Å². The third-order valence-corrected chi connectivity index (χ3v) is 5.69. The van der Waals surface area contributed by atoms with Gasteiger partial charge >= 0.3 is 14.0 Å². The largest absolute Gasteiger partial charge is 0.381 e. The summed E-state index contributed by atoms with van der Waals surface area (Å²) >= 11 is 0. The molecule has 0 bridgehead atoms. The van der Waals surface area contributed by atoms with Crippen LogP contribution < -0.4 is 9.62 Å². The first-order valence-corrected chi connectivity index (χ1v) is 10.6. The van der Waals surface area contributed by atoms with Crippen LogP contribution in [0, 0.1) is 0 Å². The first kappa shape index (κ1) is 20.7. The average Bonchev–Trinajstić information content (AvgIpc) is 3.23. The Morgan fingerprint density at radius 3 is 2.21 bits per heavy atom. The Bertz CT molecular complexity index is 767. The third kappa shape index (κ3) is 3.19. The van der Waals surface area contributed by atoms with Crippen LogP contribution in [0.5, 0.6) is 0 Å². The van der Waals surface area contributed by atoms with Gasteiger partial charge in [-0.2, -0.15) is 0 Å². The Morgan fingerprint density at radius 1 is 1.00 bits per heavy atom. The first-order valence-electron chi connectivity index (χ1n) is 10.6. The van der Waals surface area contributed by atoms with Gasteiger partial charge in [-0.3, -0.25) is 0 Å². The van der Waals surface area contributed by atoms with Crippen molar-refractivity contribution in [1.29, 1.82) is 0 Å². The van der Waals surface area contributed by atoms with Crippen LogP contribution in [0.1, 0.15) is 47.5 Å². The minimum absolute atomic E-state index is 0.144. The molecule has 1 fully saturated rings. The zero-order valence-electron chi connectivity index (χ0n) is 18.4. The number of para-hydroxylation sites is 1. The molecule has 0 N–H and O–H groups in total. The molecular formula is C19H33B2N7. The zero-order valence-corrected chi connectivity index (χ0v) is 18.4. The van der Waals surface area contributed by atoms with Crippen LogP contribution in [-0.2, 0) is 5.54 Å². The van der Waals surface area contributed by atoms with E-state index in [2.05, 4.69) is 108 Å². The Morgan fingerprint density at radius 2 is 1.61 bits per heavy atom. The van der Waals surface area contributed by atoms with Crippen molar-refractivity contribution in [1.82, 2.24) is 24.9 Å². The molecule has 2 aliphatic rings. The number of nitrogens with zero attached hydrogens (tertiary/aromatic N) is 7. The molecule has 7 nitrogen and oxygen atoms in total. The summed E-state index contributed by atoms with van der Waals surface area (Å²) in [5, 5.41) is 12.6. The predicted molar refractivity (Wildman–Crippen MR) is 119 cm³/mol. The Labute approximate surface area is 170 Å². The van der Waals surface area contributed by atoms with E-state index in [9.17, 15) is 0 Å². The molecule has 1 unspecified atom stereocenters. The second kappa shape index (κ2) is 8.15. The smallest absolute Gasteiger partial charge is 0.334 e. The Kier molecular flexibility index (Phi) is 6.03. The molecule has 4 rings (SSSR count). The summed E-state index contributed by atoms with van der Waals surface area (Å²) < 4.78 is 4.51. The normalized spacial score (nSPS) is 20.6. The molecule has 28 heavy (non-hydrogen) atoms. The second-order valence-electron chi connectivity index (χ2n) is 8.28. The fourth-order valence-corrected chi connectivity index (χ4v) is 4.55. The molecule has 1 aromatic carbocycles. The van der Waals surface area contributed by atoms with Crippen molar-refractivity contribution in [3.05, 3.63) is 30.3 Å². The van der Waals surface area contributed by atoms with Crippen molar-refractivity contribution in [2.24, 2.45) is 0 Å². The van der Waals surface area contributed by atoms with Gasteiger partial charge in [0.15, 0.2) is 0 Å². The summed E-state index contributed by atoms with van der Waals surface area (Å²) in [4.78, 5) is 4.88. The molecule has 150 valence electrons. The summed E-state index contributed by atoms with van der Waals surface area (Å²) in [7, 11) is 0. The number of rotatable bonds is 3. The molecule has 0 spiro atoms. The van der Waals surface area contributed by atoms with Gasteiger partial charge in [0, 0.05) is 5.69 Å². The van der Waals surface area contributed by atoms with E-state index in [0.29, 0.717) is 0 Å². The molecule has 2 aromatic rings. The fraction of sp³-hybridized carbons (Fsp3) is 0.632. The molecule has 9 heteroatoms. The lowest BCUT2D eigenvalue weighted by Crippen LogP contribution is -2.76. The highest BCUT2D eigenvalue weighted by molar-refractivity contribution is 6.77. The van der Waals surface area contributed by atoms with Gasteiger partial charge in [0.2, 0.25) is 5.95 Å². The maximum atomic E-state index is 4.35. The summed E-state index contributed by atoms with van der Waals surface area (Å²) in [5.74, 6) is 0.858. The van der Waals surface area contributed by atoms with Crippen LogP contribution in [0.4, 0.5) is 11.6 Å². The van der Waals surface area contributed by atoms with Crippen molar-refractivity contribution in [3.8, 4) is 0 Å². The monoisotopic (exact) mass is 381 g/mol. The minimum atomic E-state index is -0.227. The van der Waals surface area contributed by atoms with Gasteiger partial charge in [-0.15, -0.1) is 0 Å². The highest BCUT2D eigenvalue weighted by Gasteiger charge is 2.58. The van der Waals surface area contributed by atoms with Gasteiger partial charge in [-0.05, 0) is 49.4 Å². The number of anilines is 2. The van der Waals surface area contributed by atoms with Crippen molar-refractivity contribution < 1.29 is 0 Å². The molecule has 0 saturated carbocycles. The number of hydrogen-bond acceptors (Lipinski definition) is 6. The van der Waals surface area contributed by atoms with Gasteiger partial charge < -0.3 is 14.3 Å². The SMILES string of the molecule is CCC.CCCN1B(C)N(c2ccccc2)C2N(B1C)c1nnnn1C2(C)C. The lowest BCUT2D eigenvalue weighted by atomic mass is 9.55. The van der Waals surface area contributed by atoms with Crippen LogP contribution in [-0.4, -0.2) is 51.6 Å². The standard InChI is InChI=1S/C16H25B2N7.C3H8/c1-6-12-22-17(4)23(13-10-8-7-9-11-13)14-16(2,3)25-15(19-20-21-25)24(14)18(22)5;1-3-2/h7-11,14H,6,12H2,1-5H3;3H2,1-2H3. The van der Waals surface area contributed by atoms with E-state index in [4.69, 9.17) is 0 Å². The maximum Gasteiger partial charge on any atom is 0.334 e. The molecule has 1 atom stereocenters. The minimum Gasteiger partial charge on any atom is -0.381 e. The lowest BCUT2D eigenvalue weighted by molar-refractivity contribution is 0.292. The van der Waals surface area contributed by atoms with E-state index in [1.165, 1.54) is 12.1 Å². The molecule has 0 aliphatic carbocycles. The predicted octanol–water partition coefficient (Wildman–Crippen LogP) is 3.44. The third-order valence-electron chi connectivity index (χ3n) is 5.69. The van der Waals surface area contributed by atoms with Gasteiger partial charge in [0.25, 0.3) is 0 Å². The summed E-state index contributed by atoms with van der Waals surface area (Å²) in [5.41, 5.74) is 1.000. The molecule has 0 amide bonds. The van der Waals surface area contributed by atoms with Gasteiger partial charge in [-0.1, -0.05) is 64.1 Å². The molecule has 2 aliphatic heterocycles. The lowest BCUT2D eigenvalue weighted by Gasteiger charge is -2.55. The number of hydrogen-bond donors (Lipinski definition) is 0. The topological polar surface area (TPSA) is 53.3 Å². The van der Waals surface area contributed by atoms with Gasteiger partial charge in [0.1, 0.15) is 6.17 Å². The van der Waals surface area contributed by atoms with E-state index in [1.807, 2.05) is 4.68 Å². The van der Waals surface area contributed by atoms with Crippen molar-refractivity contribution in [2.75, 3.05) is 16.2 Å². The van der Waals surface area contributed by atoms with Crippen LogP contribution in [0.25, 0.3) is 0 Å². The molecular weight excluding hydrogens is 348 g/mol. The zero-order chi connectivity index (χ0) is 20.5. The van der Waals surface area contributed by atoms with Gasteiger partial charge in [-0.25, -0.2) is 4.68 Å². The van der Waals surface area contributed by atoms with Crippen molar-refractivity contribution >= 4 is 25.6 Å². The van der Waals surface area contributed by atoms with E-state index < -0.39 is 0 Å². The second-order valence-corrected chi connectivity index (χ2v) is 8.28. The van der Waals surface area contributed by atoms with Crippen LogP contribution in [0.15, 0.2) is 30.3 Å². The van der Waals surface area contributed by atoms with E-state index in [0.717, 1.165) is 18.9 Å². The van der Waals surface area contributed by atoms with Crippen molar-refractivity contribution in [3.63, 3.8) is 0 Å². The van der Waals surface area contributed by atoms with E-state index >= 15 is 0 Å². The number of benzene rings is 1. The van der Waals surface area contributed by atoms with E-state index in [-0.39, 0.29) is 25.7 Å². The highest BCUT2D eigenvalue weighted by Crippen LogP contribution is 2.43. The molecule has 1 saturated heterocycles. The van der Waals surface area contributed by atoms with Crippen LogP contribution in [0.3, 0.4) is 0 Å². The Balaban J connectivity index is 0.000000706. The van der Waals surface area contributed by atoms with Crippen LogP contribution in [0.2, 0.25) is 13.6 Å². The first-order chi connectivity index (χ1) is 13.4. The summed E-state index contributed by atoms with van der Waals surface area (Å²) in [6, 6.07) is 10.7. The Hall–Kier alpha value is -2.02. The number of fused-ring (bicyclic) bond motifs is 3. The fourth-order valence-electron chi connectivity index (χ4n) is 4.55. The number of tetrazole rings is 1. The number of aromatic nitrogens is 4. The summed E-state index contributed by atoms with van der Waals surface area (Å²) in [6.45, 7) is 17.1. The summed E-state index contributed by atoms with van der Waals surface area (Å²) in [6.07, 6.45) is 2.51. The highest BCUT2D eigenvalue weighted by atomic mass is 15.7. The quantitative estimate of drug-likeness (QED) is 0.760. The van der Waals surface area contributed by atoms with Crippen LogP contribution >= 0.6 is 0 Å². The average molecular weight is 381 g/mol. The maximum absolute atomic E-state index is 4.35. The molecule has 0 radical (unpaired) electrons. The molecule has 1 aromatic heterocycles. The molecule has 3 heterocycles.